The summed E-state index contributed by atoms with van der Waals surface area (Å²) in [4.78, 5) is 17.5. The van der Waals surface area contributed by atoms with Gasteiger partial charge in [0.15, 0.2) is 0 Å². The average Bonchev–Trinajstić information content (AvgIpc) is 3.16. The Morgan fingerprint density at radius 1 is 0.906 bits per heavy atom. The number of hydrogen-bond acceptors (Lipinski definition) is 3. The van der Waals surface area contributed by atoms with Crippen molar-refractivity contribution in [1.82, 2.24) is 9.55 Å². The molecule has 5 rings (SSSR count). The lowest BCUT2D eigenvalue weighted by molar-refractivity contribution is -0.116. The highest BCUT2D eigenvalue weighted by molar-refractivity contribution is 5.91. The van der Waals surface area contributed by atoms with E-state index in [1.54, 1.807) is 0 Å². The lowest BCUT2D eigenvalue weighted by Crippen LogP contribution is -2.20. The zero-order valence-electron chi connectivity index (χ0n) is 17.8. The number of para-hydroxylation sites is 2. The van der Waals surface area contributed by atoms with E-state index in [4.69, 9.17) is 9.72 Å². The highest BCUT2D eigenvalue weighted by atomic mass is 16.5. The highest BCUT2D eigenvalue weighted by Crippen LogP contribution is 2.23. The van der Waals surface area contributed by atoms with Gasteiger partial charge in [-0.1, -0.05) is 60.2 Å². The minimum Gasteiger partial charge on any atom is -0.486 e. The highest BCUT2D eigenvalue weighted by Gasteiger charge is 2.14. The average molecular weight is 422 g/mol. The smallest absolute Gasteiger partial charge is 0.244 e. The molecule has 32 heavy (non-hydrogen) atoms. The number of nitrogens with one attached hydrogen (secondary N) is 1. The van der Waals surface area contributed by atoms with Crippen LogP contribution >= 0.6 is 0 Å². The van der Waals surface area contributed by atoms with Crippen LogP contribution < -0.4 is 10.1 Å². The molecule has 0 aliphatic carbocycles. The molecular formula is C27H23N3O2. The first-order chi connectivity index (χ1) is 15.7. The first-order valence-electron chi connectivity index (χ1n) is 10.6. The van der Waals surface area contributed by atoms with Crippen LogP contribution in [0.25, 0.3) is 21.8 Å². The quantitative estimate of drug-likeness (QED) is 0.382. The molecule has 0 aliphatic heterocycles. The first-order valence-corrected chi connectivity index (χ1v) is 10.6. The number of benzene rings is 4. The number of imidazole rings is 1. The van der Waals surface area contributed by atoms with Gasteiger partial charge in [-0.25, -0.2) is 4.98 Å². The monoisotopic (exact) mass is 421 g/mol. The first kappa shape index (κ1) is 19.8. The van der Waals surface area contributed by atoms with Crippen molar-refractivity contribution < 1.29 is 9.53 Å². The van der Waals surface area contributed by atoms with Crippen LogP contribution in [0.4, 0.5) is 5.69 Å². The number of hydrogen-bond donors (Lipinski definition) is 1. The van der Waals surface area contributed by atoms with E-state index in [2.05, 4.69) is 17.4 Å². The number of aryl methyl sites for hydroxylation is 1. The van der Waals surface area contributed by atoms with Crippen LogP contribution in [-0.2, 0) is 17.9 Å². The van der Waals surface area contributed by atoms with E-state index in [9.17, 15) is 4.79 Å². The molecule has 0 saturated heterocycles. The molecule has 1 amide bonds. The number of amides is 1. The molecule has 5 heteroatoms. The zero-order valence-corrected chi connectivity index (χ0v) is 17.8. The Kier molecular flexibility index (Phi) is 5.30. The number of anilines is 1. The number of aromatic nitrogens is 2. The fourth-order valence-corrected chi connectivity index (χ4v) is 3.80. The molecule has 0 bridgehead atoms. The molecule has 0 radical (unpaired) electrons. The van der Waals surface area contributed by atoms with Crippen molar-refractivity contribution in [2.75, 3.05) is 5.32 Å². The van der Waals surface area contributed by atoms with E-state index in [0.717, 1.165) is 33.4 Å². The molecular weight excluding hydrogens is 398 g/mol. The third-order valence-electron chi connectivity index (χ3n) is 5.46. The van der Waals surface area contributed by atoms with E-state index in [1.165, 1.54) is 5.39 Å². The Bertz CT molecular complexity index is 1400. The van der Waals surface area contributed by atoms with Crippen LogP contribution in [0.3, 0.4) is 0 Å². The van der Waals surface area contributed by atoms with E-state index in [1.807, 2.05) is 90.4 Å². The summed E-state index contributed by atoms with van der Waals surface area (Å²) in [5.41, 5.74) is 3.67. The Hall–Kier alpha value is -4.12. The second-order valence-corrected chi connectivity index (χ2v) is 7.81. The molecule has 0 spiro atoms. The van der Waals surface area contributed by atoms with Crippen molar-refractivity contribution >= 4 is 33.4 Å². The van der Waals surface area contributed by atoms with Gasteiger partial charge in [-0.15, -0.1) is 0 Å². The predicted octanol–water partition coefficient (Wildman–Crippen LogP) is 5.72. The molecule has 0 unspecified atom stereocenters. The number of carbonyl (C=O) groups excluding carboxylic acids is 1. The van der Waals surface area contributed by atoms with Gasteiger partial charge in [0.25, 0.3) is 0 Å². The minimum absolute atomic E-state index is 0.107. The molecule has 1 N–H and O–H groups in total. The van der Waals surface area contributed by atoms with Crippen molar-refractivity contribution in [1.29, 1.82) is 0 Å². The molecule has 1 aromatic heterocycles. The van der Waals surface area contributed by atoms with Gasteiger partial charge in [-0.05, 0) is 54.1 Å². The van der Waals surface area contributed by atoms with Gasteiger partial charge in [-0.2, -0.15) is 0 Å². The van der Waals surface area contributed by atoms with Gasteiger partial charge in [-0.3, -0.25) is 4.79 Å². The minimum atomic E-state index is -0.107. The lowest BCUT2D eigenvalue weighted by Gasteiger charge is -2.12. The standard InChI is InChI=1S/C27H23N3O2/c1-19-10-13-22(14-11-19)28-27(31)17-30-25-9-5-4-8-24(25)29-26(30)18-32-23-15-12-20-6-2-3-7-21(20)16-23/h2-16H,17-18H2,1H3,(H,28,31). The summed E-state index contributed by atoms with van der Waals surface area (Å²) < 4.78 is 7.98. The molecule has 4 aromatic carbocycles. The number of rotatable bonds is 6. The Morgan fingerprint density at radius 3 is 2.50 bits per heavy atom. The summed E-state index contributed by atoms with van der Waals surface area (Å²) in [7, 11) is 0. The number of fused-ring (bicyclic) bond motifs is 2. The van der Waals surface area contributed by atoms with Crippen molar-refractivity contribution in [3.8, 4) is 5.75 Å². The summed E-state index contributed by atoms with van der Waals surface area (Å²) in [5.74, 6) is 1.37. The Labute approximate surface area is 186 Å². The van der Waals surface area contributed by atoms with E-state index < -0.39 is 0 Å². The van der Waals surface area contributed by atoms with Crippen molar-refractivity contribution in [2.45, 2.75) is 20.1 Å². The maximum atomic E-state index is 12.8. The van der Waals surface area contributed by atoms with Crippen LogP contribution in [0.15, 0.2) is 91.0 Å². The second-order valence-electron chi connectivity index (χ2n) is 7.81. The van der Waals surface area contributed by atoms with Gasteiger partial charge in [0, 0.05) is 5.69 Å². The van der Waals surface area contributed by atoms with Crippen LogP contribution in [0.5, 0.6) is 5.75 Å². The Balaban J connectivity index is 1.38. The van der Waals surface area contributed by atoms with E-state index in [0.29, 0.717) is 5.82 Å². The molecule has 5 aromatic rings. The fraction of sp³-hybridized carbons (Fsp3) is 0.111. The maximum absolute atomic E-state index is 12.8. The van der Waals surface area contributed by atoms with Crippen LogP contribution in [-0.4, -0.2) is 15.5 Å². The summed E-state index contributed by atoms with van der Waals surface area (Å²) >= 11 is 0. The second kappa shape index (κ2) is 8.55. The van der Waals surface area contributed by atoms with Crippen LogP contribution in [0, 0.1) is 6.92 Å². The van der Waals surface area contributed by atoms with Gasteiger partial charge in [0.2, 0.25) is 5.91 Å². The molecule has 0 fully saturated rings. The topological polar surface area (TPSA) is 56.2 Å². The zero-order chi connectivity index (χ0) is 21.9. The van der Waals surface area contributed by atoms with Crippen LogP contribution in [0.2, 0.25) is 0 Å². The fourth-order valence-electron chi connectivity index (χ4n) is 3.80. The van der Waals surface area contributed by atoms with E-state index in [-0.39, 0.29) is 19.1 Å². The number of ether oxygens (including phenoxy) is 1. The number of carbonyl (C=O) groups is 1. The summed E-state index contributed by atoms with van der Waals surface area (Å²) in [5, 5.41) is 5.25. The molecule has 0 saturated carbocycles. The summed E-state index contributed by atoms with van der Waals surface area (Å²) in [6.07, 6.45) is 0. The van der Waals surface area contributed by atoms with Gasteiger partial charge in [0.05, 0.1) is 11.0 Å². The van der Waals surface area contributed by atoms with Gasteiger partial charge in [0.1, 0.15) is 24.7 Å². The molecule has 5 nitrogen and oxygen atoms in total. The largest absolute Gasteiger partial charge is 0.486 e. The third-order valence-corrected chi connectivity index (χ3v) is 5.46. The van der Waals surface area contributed by atoms with Gasteiger partial charge >= 0.3 is 0 Å². The molecule has 1 heterocycles. The SMILES string of the molecule is Cc1ccc(NC(=O)Cn2c(COc3ccc4ccccc4c3)nc3ccccc32)cc1. The van der Waals surface area contributed by atoms with Crippen molar-refractivity contribution in [2.24, 2.45) is 0 Å². The molecule has 0 atom stereocenters. The summed E-state index contributed by atoms with van der Waals surface area (Å²) in [6.45, 7) is 2.45. The summed E-state index contributed by atoms with van der Waals surface area (Å²) in [6, 6.07) is 29.8. The van der Waals surface area contributed by atoms with Gasteiger partial charge < -0.3 is 14.6 Å². The van der Waals surface area contributed by atoms with Crippen molar-refractivity contribution in [3.05, 3.63) is 102 Å². The lowest BCUT2D eigenvalue weighted by atomic mass is 10.1. The predicted molar refractivity (Wildman–Crippen MR) is 128 cm³/mol. The molecule has 158 valence electrons. The molecule has 0 aliphatic rings. The number of nitrogens with zero attached hydrogens (tertiary/aromatic N) is 2. The van der Waals surface area contributed by atoms with E-state index >= 15 is 0 Å². The maximum Gasteiger partial charge on any atom is 0.244 e. The normalized spacial score (nSPS) is 11.0. The van der Waals surface area contributed by atoms with Crippen LogP contribution in [0.1, 0.15) is 11.4 Å². The third kappa shape index (κ3) is 4.18. The Morgan fingerprint density at radius 2 is 1.66 bits per heavy atom. The van der Waals surface area contributed by atoms with Crippen molar-refractivity contribution in [3.63, 3.8) is 0 Å².